The van der Waals surface area contributed by atoms with Crippen molar-refractivity contribution >= 4 is 39.1 Å². The minimum atomic E-state index is -1.01. The topological polar surface area (TPSA) is 54.3 Å². The van der Waals surface area contributed by atoms with Gasteiger partial charge in [0.25, 0.3) is 5.91 Å². The summed E-state index contributed by atoms with van der Waals surface area (Å²) in [4.78, 5) is 29.6. The van der Waals surface area contributed by atoms with Crippen LogP contribution in [0.25, 0.3) is 10.2 Å². The Morgan fingerprint density at radius 2 is 1.84 bits per heavy atom. The van der Waals surface area contributed by atoms with Crippen LogP contribution in [0, 0.1) is 13.8 Å². The number of thiophene rings is 1. The number of carbonyl (C=O) groups excluding carboxylic acids is 2. The number of carbonyl (C=O) groups is 2. The number of hydrogen-bond acceptors (Lipinski definition) is 3. The zero-order chi connectivity index (χ0) is 22.5. The highest BCUT2D eigenvalue weighted by molar-refractivity contribution is 7.17. The predicted octanol–water partition coefficient (Wildman–Crippen LogP) is 5.58. The van der Waals surface area contributed by atoms with E-state index in [1.54, 1.807) is 16.2 Å². The van der Waals surface area contributed by atoms with Crippen molar-refractivity contribution in [3.8, 4) is 0 Å². The molecule has 1 atom stereocenters. The van der Waals surface area contributed by atoms with Gasteiger partial charge >= 0.3 is 0 Å². The summed E-state index contributed by atoms with van der Waals surface area (Å²) in [5, 5.41) is 5.39. The molecule has 2 aliphatic rings. The van der Waals surface area contributed by atoms with E-state index in [-0.39, 0.29) is 17.9 Å². The van der Waals surface area contributed by atoms with E-state index < -0.39 is 5.54 Å². The van der Waals surface area contributed by atoms with Crippen LogP contribution in [0.15, 0.2) is 35.7 Å². The molecule has 1 fully saturated rings. The fourth-order valence-corrected chi connectivity index (χ4v) is 6.23. The molecule has 1 saturated carbocycles. The molecular formula is C26H31N3O2S. The van der Waals surface area contributed by atoms with Gasteiger partial charge in [-0.05, 0) is 62.8 Å². The molecule has 0 saturated heterocycles. The van der Waals surface area contributed by atoms with Crippen LogP contribution in [0.3, 0.4) is 0 Å². The largest absolute Gasteiger partial charge is 0.351 e. The number of nitrogens with one attached hydrogen (secondary N) is 1. The van der Waals surface area contributed by atoms with E-state index in [4.69, 9.17) is 0 Å². The molecule has 32 heavy (non-hydrogen) atoms. The van der Waals surface area contributed by atoms with E-state index in [0.29, 0.717) is 12.2 Å². The number of anilines is 1. The Bertz CT molecular complexity index is 1190. The number of amides is 2. The zero-order valence-electron chi connectivity index (χ0n) is 19.1. The maximum absolute atomic E-state index is 13.9. The van der Waals surface area contributed by atoms with Gasteiger partial charge in [0.2, 0.25) is 5.91 Å². The molecular weight excluding hydrogens is 418 g/mol. The third kappa shape index (κ3) is 3.45. The van der Waals surface area contributed by atoms with Crippen LogP contribution in [0.1, 0.15) is 67.1 Å². The highest BCUT2D eigenvalue weighted by atomic mass is 32.1. The smallest absolute Gasteiger partial charge is 0.275 e. The van der Waals surface area contributed by atoms with Crippen LogP contribution >= 0.6 is 11.3 Å². The number of nitrogens with zero attached hydrogens (tertiary/aromatic N) is 2. The van der Waals surface area contributed by atoms with E-state index >= 15 is 0 Å². The summed E-state index contributed by atoms with van der Waals surface area (Å²) in [6.45, 7) is 6.44. The number of fused-ring (bicyclic) bond motifs is 3. The maximum atomic E-state index is 13.9. The Morgan fingerprint density at radius 3 is 2.56 bits per heavy atom. The van der Waals surface area contributed by atoms with Gasteiger partial charge in [-0.1, -0.05) is 43.4 Å². The lowest BCUT2D eigenvalue weighted by molar-refractivity contribution is -0.127. The van der Waals surface area contributed by atoms with Gasteiger partial charge in [-0.25, -0.2) is 0 Å². The van der Waals surface area contributed by atoms with Crippen molar-refractivity contribution in [3.05, 3.63) is 52.5 Å². The first kappa shape index (κ1) is 21.3. The standard InChI is InChI=1S/C26H31N3O2S/c1-17-10-11-20(18(2)14-17)29-24(30)22-15-23-21(12-13-32-23)28(22)16-26(29,3)25(31)27-19-8-6-4-5-7-9-19/h10-15,19H,4-9,16H2,1-3H3,(H,27,31)/t26-/m1/s1. The second-order valence-corrected chi connectivity index (χ2v) is 10.6. The Morgan fingerprint density at radius 1 is 1.09 bits per heavy atom. The molecule has 2 aromatic heterocycles. The first-order chi connectivity index (χ1) is 15.4. The lowest BCUT2D eigenvalue weighted by Crippen LogP contribution is -2.65. The summed E-state index contributed by atoms with van der Waals surface area (Å²) >= 11 is 1.63. The monoisotopic (exact) mass is 449 g/mol. The normalized spacial score (nSPS) is 22.1. The Balaban J connectivity index is 1.60. The van der Waals surface area contributed by atoms with E-state index in [1.165, 1.54) is 12.8 Å². The Kier molecular flexibility index (Phi) is 5.36. The predicted molar refractivity (Wildman–Crippen MR) is 131 cm³/mol. The van der Waals surface area contributed by atoms with Gasteiger partial charge in [-0.2, -0.15) is 0 Å². The molecule has 1 aromatic carbocycles. The molecule has 2 amide bonds. The van der Waals surface area contributed by atoms with Crippen LogP contribution in [-0.4, -0.2) is 28.0 Å². The number of benzene rings is 1. The molecule has 5 rings (SSSR count). The molecule has 0 bridgehead atoms. The van der Waals surface area contributed by atoms with Crippen LogP contribution in [-0.2, 0) is 11.3 Å². The average Bonchev–Trinajstić information content (AvgIpc) is 3.24. The van der Waals surface area contributed by atoms with Crippen LogP contribution in [0.5, 0.6) is 0 Å². The highest BCUT2D eigenvalue weighted by Gasteiger charge is 2.49. The minimum Gasteiger partial charge on any atom is -0.351 e. The summed E-state index contributed by atoms with van der Waals surface area (Å²) in [6, 6.07) is 10.3. The first-order valence-corrected chi connectivity index (χ1v) is 12.6. The van der Waals surface area contributed by atoms with Crippen molar-refractivity contribution in [2.45, 2.75) is 77.4 Å². The molecule has 3 aromatic rings. The fourth-order valence-electron chi connectivity index (χ4n) is 5.41. The second-order valence-electron chi connectivity index (χ2n) is 9.65. The number of rotatable bonds is 3. The summed E-state index contributed by atoms with van der Waals surface area (Å²) < 4.78 is 3.13. The third-order valence-corrected chi connectivity index (χ3v) is 8.03. The molecule has 1 N–H and O–H groups in total. The average molecular weight is 450 g/mol. The number of hydrogen-bond donors (Lipinski definition) is 1. The molecule has 3 heterocycles. The van der Waals surface area contributed by atoms with E-state index in [1.807, 2.05) is 55.0 Å². The van der Waals surface area contributed by atoms with Gasteiger partial charge in [0.15, 0.2) is 0 Å². The van der Waals surface area contributed by atoms with Gasteiger partial charge in [-0.15, -0.1) is 11.3 Å². The summed E-state index contributed by atoms with van der Waals surface area (Å²) in [7, 11) is 0. The van der Waals surface area contributed by atoms with E-state index in [2.05, 4.69) is 11.4 Å². The Labute approximate surface area is 193 Å². The SMILES string of the molecule is Cc1ccc(N2C(=O)c3cc4sccc4n3C[C@]2(C)C(=O)NC2CCCCCC2)c(C)c1. The van der Waals surface area contributed by atoms with E-state index in [9.17, 15) is 9.59 Å². The summed E-state index contributed by atoms with van der Waals surface area (Å²) in [5.41, 5.74) is 3.65. The molecule has 0 unspecified atom stereocenters. The second kappa shape index (κ2) is 8.07. The first-order valence-electron chi connectivity index (χ1n) is 11.7. The number of aryl methyl sites for hydroxylation is 2. The van der Waals surface area contributed by atoms with Gasteiger partial charge < -0.3 is 9.88 Å². The van der Waals surface area contributed by atoms with Crippen LogP contribution in [0.2, 0.25) is 0 Å². The summed E-state index contributed by atoms with van der Waals surface area (Å²) in [5.74, 6) is -0.162. The van der Waals surface area contributed by atoms with Gasteiger partial charge in [0.05, 0.1) is 16.8 Å². The van der Waals surface area contributed by atoms with Crippen LogP contribution < -0.4 is 10.2 Å². The molecule has 0 radical (unpaired) electrons. The molecule has 1 aliphatic carbocycles. The minimum absolute atomic E-state index is 0.0551. The zero-order valence-corrected chi connectivity index (χ0v) is 19.9. The number of aromatic nitrogens is 1. The lowest BCUT2D eigenvalue weighted by atomic mass is 9.92. The lowest BCUT2D eigenvalue weighted by Gasteiger charge is -2.45. The van der Waals surface area contributed by atoms with Gasteiger partial charge in [0, 0.05) is 11.7 Å². The molecule has 6 heteroatoms. The third-order valence-electron chi connectivity index (χ3n) is 7.18. The molecule has 5 nitrogen and oxygen atoms in total. The van der Waals surface area contributed by atoms with Crippen molar-refractivity contribution in [1.29, 1.82) is 0 Å². The Hall–Kier alpha value is -2.60. The van der Waals surface area contributed by atoms with E-state index in [0.717, 1.165) is 52.7 Å². The molecule has 168 valence electrons. The van der Waals surface area contributed by atoms with Crippen molar-refractivity contribution in [3.63, 3.8) is 0 Å². The van der Waals surface area contributed by atoms with Crippen molar-refractivity contribution < 1.29 is 9.59 Å². The van der Waals surface area contributed by atoms with Gasteiger partial charge in [0.1, 0.15) is 11.2 Å². The molecule has 1 aliphatic heterocycles. The quantitative estimate of drug-likeness (QED) is 0.531. The van der Waals surface area contributed by atoms with Gasteiger partial charge in [-0.3, -0.25) is 14.5 Å². The summed E-state index contributed by atoms with van der Waals surface area (Å²) in [6.07, 6.45) is 6.81. The van der Waals surface area contributed by atoms with Crippen molar-refractivity contribution in [1.82, 2.24) is 9.88 Å². The fraction of sp³-hybridized carbons (Fsp3) is 0.462. The maximum Gasteiger partial charge on any atom is 0.275 e. The van der Waals surface area contributed by atoms with Crippen molar-refractivity contribution in [2.75, 3.05) is 4.90 Å². The van der Waals surface area contributed by atoms with Crippen molar-refractivity contribution in [2.24, 2.45) is 0 Å². The highest BCUT2D eigenvalue weighted by Crippen LogP contribution is 2.38. The van der Waals surface area contributed by atoms with Crippen LogP contribution in [0.4, 0.5) is 5.69 Å². The molecule has 0 spiro atoms.